The van der Waals surface area contributed by atoms with Gasteiger partial charge in [-0.25, -0.2) is 4.98 Å². The van der Waals surface area contributed by atoms with Crippen LogP contribution in [0.25, 0.3) is 0 Å². The zero-order valence-electron chi connectivity index (χ0n) is 12.1. The second-order valence-electron chi connectivity index (χ2n) is 5.27. The van der Waals surface area contributed by atoms with Crippen molar-refractivity contribution in [2.24, 2.45) is 5.73 Å². The quantitative estimate of drug-likeness (QED) is 0.895. The first-order valence-electron chi connectivity index (χ1n) is 6.95. The van der Waals surface area contributed by atoms with Gasteiger partial charge in [0.2, 0.25) is 0 Å². The SMILES string of the molecule is CCc1ccc(C(C)(N)Cc2nccn2CC)cc1. The van der Waals surface area contributed by atoms with Crippen LogP contribution in [0.15, 0.2) is 36.7 Å². The summed E-state index contributed by atoms with van der Waals surface area (Å²) < 4.78 is 2.14. The molecule has 102 valence electrons. The van der Waals surface area contributed by atoms with Crippen molar-refractivity contribution in [3.63, 3.8) is 0 Å². The van der Waals surface area contributed by atoms with E-state index in [4.69, 9.17) is 5.73 Å². The molecule has 19 heavy (non-hydrogen) atoms. The van der Waals surface area contributed by atoms with Crippen molar-refractivity contribution in [1.29, 1.82) is 0 Å². The van der Waals surface area contributed by atoms with Gasteiger partial charge in [0, 0.05) is 30.9 Å². The lowest BCUT2D eigenvalue weighted by Crippen LogP contribution is -2.36. The molecule has 2 N–H and O–H groups in total. The molecule has 0 saturated heterocycles. The third-order valence-electron chi connectivity index (χ3n) is 3.69. The monoisotopic (exact) mass is 257 g/mol. The highest BCUT2D eigenvalue weighted by Crippen LogP contribution is 2.22. The van der Waals surface area contributed by atoms with Crippen molar-refractivity contribution < 1.29 is 0 Å². The summed E-state index contributed by atoms with van der Waals surface area (Å²) in [4.78, 5) is 4.41. The Labute approximate surface area is 115 Å². The first kappa shape index (κ1) is 13.8. The van der Waals surface area contributed by atoms with Gasteiger partial charge in [-0.1, -0.05) is 31.2 Å². The molecular weight excluding hydrogens is 234 g/mol. The summed E-state index contributed by atoms with van der Waals surface area (Å²) >= 11 is 0. The molecule has 1 unspecified atom stereocenters. The van der Waals surface area contributed by atoms with Crippen LogP contribution in [0, 0.1) is 0 Å². The summed E-state index contributed by atoms with van der Waals surface area (Å²) in [6, 6.07) is 8.59. The molecule has 0 saturated carbocycles. The second kappa shape index (κ2) is 5.57. The van der Waals surface area contributed by atoms with Crippen molar-refractivity contribution in [3.8, 4) is 0 Å². The van der Waals surface area contributed by atoms with Gasteiger partial charge in [0.05, 0.1) is 0 Å². The molecule has 0 amide bonds. The number of aryl methyl sites for hydroxylation is 2. The number of aromatic nitrogens is 2. The molecule has 0 bridgehead atoms. The lowest BCUT2D eigenvalue weighted by Gasteiger charge is -2.25. The molecular formula is C16H23N3. The Kier molecular flexibility index (Phi) is 4.05. The van der Waals surface area contributed by atoms with Crippen LogP contribution < -0.4 is 5.73 Å². The van der Waals surface area contributed by atoms with Crippen molar-refractivity contribution in [3.05, 3.63) is 53.6 Å². The molecule has 0 aliphatic rings. The van der Waals surface area contributed by atoms with Crippen LogP contribution in [-0.2, 0) is 24.9 Å². The number of nitrogens with two attached hydrogens (primary N) is 1. The first-order chi connectivity index (χ1) is 9.06. The highest BCUT2D eigenvalue weighted by atomic mass is 15.1. The third-order valence-corrected chi connectivity index (χ3v) is 3.69. The normalized spacial score (nSPS) is 14.3. The lowest BCUT2D eigenvalue weighted by atomic mass is 9.88. The van der Waals surface area contributed by atoms with E-state index >= 15 is 0 Å². The fourth-order valence-corrected chi connectivity index (χ4v) is 2.35. The Morgan fingerprint density at radius 2 is 1.89 bits per heavy atom. The molecule has 0 spiro atoms. The van der Waals surface area contributed by atoms with Crippen molar-refractivity contribution in [1.82, 2.24) is 9.55 Å². The van der Waals surface area contributed by atoms with Crippen molar-refractivity contribution in [2.75, 3.05) is 0 Å². The van der Waals surface area contributed by atoms with Crippen LogP contribution in [0.1, 0.15) is 37.7 Å². The van der Waals surface area contributed by atoms with Crippen LogP contribution >= 0.6 is 0 Å². The van der Waals surface area contributed by atoms with E-state index in [-0.39, 0.29) is 5.54 Å². The van der Waals surface area contributed by atoms with E-state index < -0.39 is 0 Å². The Morgan fingerprint density at radius 1 is 1.21 bits per heavy atom. The topological polar surface area (TPSA) is 43.8 Å². The minimum atomic E-state index is -0.384. The van der Waals surface area contributed by atoms with Gasteiger partial charge < -0.3 is 10.3 Å². The van der Waals surface area contributed by atoms with Gasteiger partial charge in [-0.3, -0.25) is 0 Å². The molecule has 2 aromatic rings. The predicted molar refractivity (Wildman–Crippen MR) is 79.0 cm³/mol. The van der Waals surface area contributed by atoms with E-state index in [1.807, 2.05) is 12.4 Å². The zero-order valence-corrected chi connectivity index (χ0v) is 12.1. The number of hydrogen-bond acceptors (Lipinski definition) is 2. The summed E-state index contributed by atoms with van der Waals surface area (Å²) in [7, 11) is 0. The van der Waals surface area contributed by atoms with Gasteiger partial charge in [-0.05, 0) is 31.4 Å². The van der Waals surface area contributed by atoms with Gasteiger partial charge in [-0.2, -0.15) is 0 Å². The van der Waals surface area contributed by atoms with E-state index in [1.165, 1.54) is 5.56 Å². The van der Waals surface area contributed by atoms with Crippen LogP contribution in [0.5, 0.6) is 0 Å². The highest BCUT2D eigenvalue weighted by molar-refractivity contribution is 5.28. The maximum atomic E-state index is 6.49. The zero-order chi connectivity index (χ0) is 13.9. The average Bonchev–Trinajstić information content (AvgIpc) is 2.85. The molecule has 0 aliphatic carbocycles. The molecule has 0 fully saturated rings. The Balaban J connectivity index is 2.21. The first-order valence-corrected chi connectivity index (χ1v) is 6.95. The van der Waals surface area contributed by atoms with Crippen LogP contribution in [0.2, 0.25) is 0 Å². The Bertz CT molecular complexity index is 523. The summed E-state index contributed by atoms with van der Waals surface area (Å²) in [5, 5.41) is 0. The highest BCUT2D eigenvalue weighted by Gasteiger charge is 2.23. The van der Waals surface area contributed by atoms with Gasteiger partial charge >= 0.3 is 0 Å². The number of imidazole rings is 1. The molecule has 1 aromatic heterocycles. The fourth-order valence-electron chi connectivity index (χ4n) is 2.35. The van der Waals surface area contributed by atoms with E-state index in [2.05, 4.69) is 54.6 Å². The van der Waals surface area contributed by atoms with E-state index in [0.717, 1.165) is 30.8 Å². The van der Waals surface area contributed by atoms with Gasteiger partial charge in [0.1, 0.15) is 5.82 Å². The number of nitrogens with zero attached hydrogens (tertiary/aromatic N) is 2. The summed E-state index contributed by atoms with van der Waals surface area (Å²) in [6.45, 7) is 7.28. The van der Waals surface area contributed by atoms with Gasteiger partial charge in [0.25, 0.3) is 0 Å². The summed E-state index contributed by atoms with van der Waals surface area (Å²) in [5.41, 5.74) is 8.61. The summed E-state index contributed by atoms with van der Waals surface area (Å²) in [5.74, 6) is 1.05. The molecule has 1 aromatic carbocycles. The lowest BCUT2D eigenvalue weighted by molar-refractivity contribution is 0.465. The second-order valence-corrected chi connectivity index (χ2v) is 5.27. The Morgan fingerprint density at radius 3 is 2.47 bits per heavy atom. The predicted octanol–water partition coefficient (Wildman–Crippen LogP) is 2.88. The number of rotatable bonds is 5. The standard InChI is InChI=1S/C16H23N3/c1-4-13-6-8-14(9-7-13)16(3,17)12-15-18-10-11-19(15)5-2/h6-11H,4-5,12,17H2,1-3H3. The summed E-state index contributed by atoms with van der Waals surface area (Å²) in [6.07, 6.45) is 5.65. The van der Waals surface area contributed by atoms with E-state index in [9.17, 15) is 0 Å². The van der Waals surface area contributed by atoms with Crippen LogP contribution in [0.3, 0.4) is 0 Å². The Hall–Kier alpha value is -1.61. The van der Waals surface area contributed by atoms with E-state index in [0.29, 0.717) is 0 Å². The fraction of sp³-hybridized carbons (Fsp3) is 0.438. The number of benzene rings is 1. The molecule has 2 rings (SSSR count). The molecule has 0 radical (unpaired) electrons. The molecule has 3 heteroatoms. The average molecular weight is 257 g/mol. The van der Waals surface area contributed by atoms with Crippen LogP contribution in [-0.4, -0.2) is 9.55 Å². The van der Waals surface area contributed by atoms with Gasteiger partial charge in [-0.15, -0.1) is 0 Å². The molecule has 0 aliphatic heterocycles. The minimum absolute atomic E-state index is 0.384. The maximum Gasteiger partial charge on any atom is 0.110 e. The third kappa shape index (κ3) is 3.04. The minimum Gasteiger partial charge on any atom is -0.335 e. The largest absolute Gasteiger partial charge is 0.335 e. The molecule has 1 atom stereocenters. The maximum absolute atomic E-state index is 6.49. The van der Waals surface area contributed by atoms with Crippen LogP contribution in [0.4, 0.5) is 0 Å². The van der Waals surface area contributed by atoms with Gasteiger partial charge in [0.15, 0.2) is 0 Å². The number of hydrogen-bond donors (Lipinski definition) is 1. The molecule has 1 heterocycles. The molecule has 3 nitrogen and oxygen atoms in total. The smallest absolute Gasteiger partial charge is 0.110 e. The van der Waals surface area contributed by atoms with E-state index in [1.54, 1.807) is 0 Å². The van der Waals surface area contributed by atoms with Crippen molar-refractivity contribution >= 4 is 0 Å². The van der Waals surface area contributed by atoms with Crippen molar-refractivity contribution in [2.45, 2.75) is 45.7 Å².